The summed E-state index contributed by atoms with van der Waals surface area (Å²) in [6, 6.07) is 0. The van der Waals surface area contributed by atoms with Crippen molar-refractivity contribution < 1.29 is 0 Å². The van der Waals surface area contributed by atoms with E-state index in [1.165, 1.54) is 0 Å². The highest BCUT2D eigenvalue weighted by atomic mass is 15.4. The first-order valence-electron chi connectivity index (χ1n) is 5.06. The molecule has 0 saturated heterocycles. The van der Waals surface area contributed by atoms with Gasteiger partial charge in [0.05, 0.1) is 0 Å². The zero-order chi connectivity index (χ0) is 10.9. The fourth-order valence-electron chi connectivity index (χ4n) is 1.80. The molecule has 0 saturated carbocycles. The highest BCUT2D eigenvalue weighted by Crippen LogP contribution is 2.25. The van der Waals surface area contributed by atoms with Gasteiger partial charge in [0.25, 0.3) is 0 Å². The number of nitrogens with zero attached hydrogens (tertiary/aromatic N) is 3. The molecule has 0 aliphatic carbocycles. The molecule has 3 heteroatoms. The van der Waals surface area contributed by atoms with Gasteiger partial charge < -0.3 is 9.80 Å². The van der Waals surface area contributed by atoms with Crippen LogP contribution in [-0.4, -0.2) is 34.4 Å². The molecule has 1 atom stereocenters. The van der Waals surface area contributed by atoms with E-state index < -0.39 is 0 Å². The molecule has 80 valence electrons. The number of hydrogen-bond donors (Lipinski definition) is 0. The Hall–Kier alpha value is -0.990. The standard InChI is InChI=1S/C11H21N3/c1-9(12-6)13-7-8-14(10(13)2)11(3,4)5/h7-8,10H,1-6H3. The third kappa shape index (κ3) is 1.91. The average molecular weight is 195 g/mol. The van der Waals surface area contributed by atoms with E-state index in [0.29, 0.717) is 6.17 Å². The Kier molecular flexibility index (Phi) is 2.88. The summed E-state index contributed by atoms with van der Waals surface area (Å²) in [6.45, 7) is 10.9. The van der Waals surface area contributed by atoms with E-state index in [9.17, 15) is 0 Å². The maximum absolute atomic E-state index is 4.20. The lowest BCUT2D eigenvalue weighted by Crippen LogP contribution is -2.47. The summed E-state index contributed by atoms with van der Waals surface area (Å²) in [5.74, 6) is 1.06. The average Bonchev–Trinajstić information content (AvgIpc) is 2.45. The predicted octanol–water partition coefficient (Wildman–Crippen LogP) is 2.27. The lowest BCUT2D eigenvalue weighted by Gasteiger charge is -2.38. The molecule has 1 unspecified atom stereocenters. The van der Waals surface area contributed by atoms with Crippen LogP contribution in [0.2, 0.25) is 0 Å². The van der Waals surface area contributed by atoms with Crippen LogP contribution in [-0.2, 0) is 0 Å². The van der Waals surface area contributed by atoms with Crippen molar-refractivity contribution in [1.82, 2.24) is 9.80 Å². The number of hydrogen-bond acceptors (Lipinski definition) is 2. The van der Waals surface area contributed by atoms with E-state index in [-0.39, 0.29) is 5.54 Å². The fraction of sp³-hybridized carbons (Fsp3) is 0.727. The van der Waals surface area contributed by atoms with Crippen molar-refractivity contribution in [3.63, 3.8) is 0 Å². The maximum atomic E-state index is 4.20. The Morgan fingerprint density at radius 1 is 1.29 bits per heavy atom. The Morgan fingerprint density at radius 3 is 2.21 bits per heavy atom. The minimum absolute atomic E-state index is 0.165. The lowest BCUT2D eigenvalue weighted by molar-refractivity contribution is 0.122. The van der Waals surface area contributed by atoms with Gasteiger partial charge in [-0.1, -0.05) is 0 Å². The SMILES string of the molecule is CN=C(C)N1C=CN(C(C)(C)C)C1C. The van der Waals surface area contributed by atoms with Crippen LogP contribution in [0.1, 0.15) is 34.6 Å². The number of rotatable bonds is 0. The zero-order valence-electron chi connectivity index (χ0n) is 10.1. The van der Waals surface area contributed by atoms with Crippen molar-refractivity contribution in [1.29, 1.82) is 0 Å². The smallest absolute Gasteiger partial charge is 0.104 e. The van der Waals surface area contributed by atoms with E-state index >= 15 is 0 Å². The van der Waals surface area contributed by atoms with Gasteiger partial charge in [-0.15, -0.1) is 0 Å². The summed E-state index contributed by atoms with van der Waals surface area (Å²) in [5, 5.41) is 0. The summed E-state index contributed by atoms with van der Waals surface area (Å²) in [5.41, 5.74) is 0.165. The van der Waals surface area contributed by atoms with Gasteiger partial charge >= 0.3 is 0 Å². The molecule has 0 bridgehead atoms. The Bertz CT molecular complexity index is 260. The molecule has 14 heavy (non-hydrogen) atoms. The normalized spacial score (nSPS) is 23.6. The van der Waals surface area contributed by atoms with Gasteiger partial charge in [-0.2, -0.15) is 0 Å². The van der Waals surface area contributed by atoms with Gasteiger partial charge in [-0.05, 0) is 34.6 Å². The molecule has 0 radical (unpaired) electrons. The second-order valence-corrected chi connectivity index (χ2v) is 4.69. The van der Waals surface area contributed by atoms with E-state index in [1.807, 2.05) is 14.0 Å². The van der Waals surface area contributed by atoms with Crippen LogP contribution >= 0.6 is 0 Å². The van der Waals surface area contributed by atoms with Crippen LogP contribution in [0.25, 0.3) is 0 Å². The van der Waals surface area contributed by atoms with Gasteiger partial charge in [0, 0.05) is 25.0 Å². The second-order valence-electron chi connectivity index (χ2n) is 4.69. The predicted molar refractivity (Wildman–Crippen MR) is 61.1 cm³/mol. The molecule has 1 aliphatic rings. The molecule has 1 heterocycles. The zero-order valence-corrected chi connectivity index (χ0v) is 10.1. The molecule has 1 rings (SSSR count). The second kappa shape index (κ2) is 3.64. The van der Waals surface area contributed by atoms with Crippen LogP contribution in [0.5, 0.6) is 0 Å². The number of aliphatic imine (C=N–C) groups is 1. The van der Waals surface area contributed by atoms with E-state index in [4.69, 9.17) is 0 Å². The first-order chi connectivity index (χ1) is 6.38. The summed E-state index contributed by atoms with van der Waals surface area (Å²) in [6.07, 6.45) is 4.59. The van der Waals surface area contributed by atoms with Crippen LogP contribution in [0.15, 0.2) is 17.4 Å². The van der Waals surface area contributed by atoms with Crippen molar-refractivity contribution in [2.75, 3.05) is 7.05 Å². The third-order valence-electron chi connectivity index (χ3n) is 2.66. The molecule has 0 aromatic heterocycles. The molecule has 0 amide bonds. The van der Waals surface area contributed by atoms with Gasteiger partial charge in [0.1, 0.15) is 12.0 Å². The molecule has 1 aliphatic heterocycles. The van der Waals surface area contributed by atoms with E-state index in [1.54, 1.807) is 0 Å². The largest absolute Gasteiger partial charge is 0.351 e. The first kappa shape index (κ1) is 11.1. The Balaban J connectivity index is 2.81. The van der Waals surface area contributed by atoms with Crippen molar-refractivity contribution in [3.05, 3.63) is 12.4 Å². The van der Waals surface area contributed by atoms with E-state index in [2.05, 4.69) is 54.9 Å². The minimum Gasteiger partial charge on any atom is -0.351 e. The van der Waals surface area contributed by atoms with Gasteiger partial charge in [0.2, 0.25) is 0 Å². The van der Waals surface area contributed by atoms with Crippen LogP contribution in [0, 0.1) is 0 Å². The Morgan fingerprint density at radius 2 is 1.86 bits per heavy atom. The Labute approximate surface area is 87.1 Å². The first-order valence-corrected chi connectivity index (χ1v) is 5.06. The monoisotopic (exact) mass is 195 g/mol. The van der Waals surface area contributed by atoms with Gasteiger partial charge in [-0.3, -0.25) is 4.99 Å². The van der Waals surface area contributed by atoms with Crippen molar-refractivity contribution in [3.8, 4) is 0 Å². The van der Waals surface area contributed by atoms with Gasteiger partial charge in [0.15, 0.2) is 0 Å². The molecule has 3 nitrogen and oxygen atoms in total. The molecular weight excluding hydrogens is 174 g/mol. The van der Waals surface area contributed by atoms with Crippen LogP contribution in [0.3, 0.4) is 0 Å². The molecule has 0 spiro atoms. The highest BCUT2D eigenvalue weighted by Gasteiger charge is 2.30. The molecule has 0 aromatic rings. The third-order valence-corrected chi connectivity index (χ3v) is 2.66. The van der Waals surface area contributed by atoms with Gasteiger partial charge in [-0.25, -0.2) is 0 Å². The van der Waals surface area contributed by atoms with E-state index in [0.717, 1.165) is 5.84 Å². The lowest BCUT2D eigenvalue weighted by atomic mass is 10.1. The summed E-state index contributed by atoms with van der Waals surface area (Å²) >= 11 is 0. The topological polar surface area (TPSA) is 18.8 Å². The summed E-state index contributed by atoms with van der Waals surface area (Å²) in [7, 11) is 1.83. The van der Waals surface area contributed by atoms with Crippen LogP contribution < -0.4 is 0 Å². The molecular formula is C11H21N3. The molecule has 0 N–H and O–H groups in total. The molecule has 0 aromatic carbocycles. The fourth-order valence-corrected chi connectivity index (χ4v) is 1.80. The highest BCUT2D eigenvalue weighted by molar-refractivity contribution is 5.81. The summed E-state index contributed by atoms with van der Waals surface area (Å²) in [4.78, 5) is 8.72. The molecule has 0 fully saturated rings. The number of amidine groups is 1. The maximum Gasteiger partial charge on any atom is 0.104 e. The minimum atomic E-state index is 0.165. The summed E-state index contributed by atoms with van der Waals surface area (Å²) < 4.78 is 0. The van der Waals surface area contributed by atoms with Crippen molar-refractivity contribution >= 4 is 5.84 Å². The van der Waals surface area contributed by atoms with Crippen molar-refractivity contribution in [2.45, 2.75) is 46.3 Å². The quantitative estimate of drug-likeness (QED) is 0.436. The van der Waals surface area contributed by atoms with Crippen molar-refractivity contribution in [2.24, 2.45) is 4.99 Å². The van der Waals surface area contributed by atoms with Crippen LogP contribution in [0.4, 0.5) is 0 Å².